The number of aromatic carboxylic acids is 1. The van der Waals surface area contributed by atoms with Crippen molar-refractivity contribution in [3.63, 3.8) is 0 Å². The van der Waals surface area contributed by atoms with E-state index < -0.39 is 11.9 Å². The molecular weight excluding hydrogens is 228 g/mol. The molecule has 0 saturated carbocycles. The molecule has 0 aromatic heterocycles. The third kappa shape index (κ3) is 3.27. The van der Waals surface area contributed by atoms with Crippen molar-refractivity contribution in [2.75, 3.05) is 12.4 Å². The summed E-state index contributed by atoms with van der Waals surface area (Å²) >= 11 is 3.98. The molecule has 0 bridgehead atoms. The van der Waals surface area contributed by atoms with Crippen molar-refractivity contribution in [1.29, 1.82) is 0 Å². The molecule has 0 radical (unpaired) electrons. The van der Waals surface area contributed by atoms with E-state index in [9.17, 15) is 9.59 Å². The highest BCUT2D eigenvalue weighted by molar-refractivity contribution is 7.80. The molecule has 0 aliphatic carbocycles. The maximum absolute atomic E-state index is 11.5. The molecular formula is C11H12O4S. The van der Waals surface area contributed by atoms with Crippen LogP contribution in [0.2, 0.25) is 0 Å². The maximum Gasteiger partial charge on any atom is 0.339 e. The third-order valence-electron chi connectivity index (χ3n) is 1.91. The van der Waals surface area contributed by atoms with Crippen molar-refractivity contribution in [2.24, 2.45) is 0 Å². The van der Waals surface area contributed by atoms with Crippen LogP contribution in [0.1, 0.15) is 27.1 Å². The van der Waals surface area contributed by atoms with Crippen LogP contribution in [-0.4, -0.2) is 29.4 Å². The molecule has 0 unspecified atom stereocenters. The Morgan fingerprint density at radius 1 is 1.25 bits per heavy atom. The van der Waals surface area contributed by atoms with Gasteiger partial charge in [-0.1, -0.05) is 12.1 Å². The molecule has 1 rings (SSSR count). The lowest BCUT2D eigenvalue weighted by Gasteiger charge is -2.06. The van der Waals surface area contributed by atoms with E-state index in [1.54, 1.807) is 12.1 Å². The minimum Gasteiger partial charge on any atom is -0.478 e. The maximum atomic E-state index is 11.5. The third-order valence-corrected chi connectivity index (χ3v) is 2.23. The minimum atomic E-state index is -1.14. The molecule has 0 heterocycles. The van der Waals surface area contributed by atoms with Crippen molar-refractivity contribution in [3.05, 3.63) is 35.4 Å². The Balaban J connectivity index is 2.78. The molecule has 0 amide bonds. The number of carbonyl (C=O) groups is 2. The standard InChI is InChI=1S/C11H12O4S/c12-10(13)8-4-1-2-5-9(8)11(14)15-6-3-7-16/h1-2,4-5,16H,3,6-7H2,(H,12,13). The number of esters is 1. The number of carboxylic acids is 1. The van der Waals surface area contributed by atoms with Gasteiger partial charge in [0.05, 0.1) is 17.7 Å². The van der Waals surface area contributed by atoms with Crippen molar-refractivity contribution in [1.82, 2.24) is 0 Å². The molecule has 0 spiro atoms. The Kier molecular flexibility index (Phi) is 4.85. The Labute approximate surface area is 98.6 Å². The minimum absolute atomic E-state index is 0.0432. The summed E-state index contributed by atoms with van der Waals surface area (Å²) in [7, 11) is 0. The molecule has 0 fully saturated rings. The number of carboxylic acid groups (broad SMARTS) is 1. The van der Waals surface area contributed by atoms with E-state index in [1.165, 1.54) is 12.1 Å². The number of hydrogen-bond acceptors (Lipinski definition) is 4. The quantitative estimate of drug-likeness (QED) is 0.468. The van der Waals surface area contributed by atoms with E-state index in [2.05, 4.69) is 12.6 Å². The van der Waals surface area contributed by atoms with Crippen molar-refractivity contribution in [2.45, 2.75) is 6.42 Å². The molecule has 86 valence electrons. The summed E-state index contributed by atoms with van der Waals surface area (Å²) in [6, 6.07) is 5.97. The molecule has 0 saturated heterocycles. The zero-order valence-electron chi connectivity index (χ0n) is 8.55. The summed E-state index contributed by atoms with van der Waals surface area (Å²) in [4.78, 5) is 22.4. The van der Waals surface area contributed by atoms with Gasteiger partial charge in [-0.2, -0.15) is 12.6 Å². The van der Waals surface area contributed by atoms with Gasteiger partial charge in [-0.25, -0.2) is 9.59 Å². The van der Waals surface area contributed by atoms with Gasteiger partial charge in [-0.15, -0.1) is 0 Å². The summed E-state index contributed by atoms with van der Waals surface area (Å²) in [5, 5.41) is 8.87. The number of ether oxygens (including phenoxy) is 1. The van der Waals surface area contributed by atoms with Crippen LogP contribution in [-0.2, 0) is 4.74 Å². The van der Waals surface area contributed by atoms with Crippen LogP contribution in [0.5, 0.6) is 0 Å². The zero-order chi connectivity index (χ0) is 12.0. The van der Waals surface area contributed by atoms with Crippen molar-refractivity contribution >= 4 is 24.6 Å². The van der Waals surface area contributed by atoms with Gasteiger partial charge in [0.15, 0.2) is 0 Å². The average Bonchev–Trinajstić information content (AvgIpc) is 2.29. The van der Waals surface area contributed by atoms with Crippen LogP contribution < -0.4 is 0 Å². The lowest BCUT2D eigenvalue weighted by Crippen LogP contribution is -2.12. The molecule has 0 atom stereocenters. The second-order valence-corrected chi connectivity index (χ2v) is 3.51. The molecule has 1 aromatic rings. The number of benzene rings is 1. The lowest BCUT2D eigenvalue weighted by atomic mass is 10.1. The fourth-order valence-corrected chi connectivity index (χ4v) is 1.28. The van der Waals surface area contributed by atoms with Crippen LogP contribution in [0.25, 0.3) is 0 Å². The van der Waals surface area contributed by atoms with Gasteiger partial charge in [-0.05, 0) is 24.3 Å². The predicted molar refractivity (Wildman–Crippen MR) is 62.2 cm³/mol. The second kappa shape index (κ2) is 6.17. The lowest BCUT2D eigenvalue weighted by molar-refractivity contribution is 0.0495. The van der Waals surface area contributed by atoms with Crippen LogP contribution >= 0.6 is 12.6 Å². The van der Waals surface area contributed by atoms with E-state index in [0.717, 1.165) is 0 Å². The van der Waals surface area contributed by atoms with Crippen LogP contribution in [0, 0.1) is 0 Å². The Morgan fingerprint density at radius 3 is 2.44 bits per heavy atom. The molecule has 1 aromatic carbocycles. The highest BCUT2D eigenvalue weighted by Crippen LogP contribution is 2.10. The number of hydrogen-bond donors (Lipinski definition) is 2. The summed E-state index contributed by atoms with van der Waals surface area (Å²) in [6.07, 6.45) is 0.643. The summed E-state index contributed by atoms with van der Waals surface area (Å²) in [5.41, 5.74) is 0.0348. The first-order valence-electron chi connectivity index (χ1n) is 4.77. The van der Waals surface area contributed by atoms with E-state index in [-0.39, 0.29) is 17.7 Å². The Morgan fingerprint density at radius 2 is 1.88 bits per heavy atom. The molecule has 1 N–H and O–H groups in total. The van der Waals surface area contributed by atoms with E-state index in [1.807, 2.05) is 0 Å². The van der Waals surface area contributed by atoms with Crippen LogP contribution in [0.3, 0.4) is 0 Å². The Bertz CT molecular complexity index is 389. The van der Waals surface area contributed by atoms with Gasteiger partial charge in [0.2, 0.25) is 0 Å². The smallest absolute Gasteiger partial charge is 0.339 e. The number of carbonyl (C=O) groups excluding carboxylic acids is 1. The molecule has 4 nitrogen and oxygen atoms in total. The van der Waals surface area contributed by atoms with Gasteiger partial charge < -0.3 is 9.84 Å². The average molecular weight is 240 g/mol. The van der Waals surface area contributed by atoms with E-state index in [0.29, 0.717) is 12.2 Å². The molecule has 5 heteroatoms. The normalized spacial score (nSPS) is 9.81. The topological polar surface area (TPSA) is 63.6 Å². The molecule has 0 aliphatic heterocycles. The van der Waals surface area contributed by atoms with Gasteiger partial charge >= 0.3 is 11.9 Å². The Hall–Kier alpha value is -1.49. The highest BCUT2D eigenvalue weighted by atomic mass is 32.1. The van der Waals surface area contributed by atoms with E-state index in [4.69, 9.17) is 9.84 Å². The number of thiol groups is 1. The first-order chi connectivity index (χ1) is 7.66. The fraction of sp³-hybridized carbons (Fsp3) is 0.273. The summed E-state index contributed by atoms with van der Waals surface area (Å²) in [6.45, 7) is 0.246. The van der Waals surface area contributed by atoms with Crippen molar-refractivity contribution in [3.8, 4) is 0 Å². The van der Waals surface area contributed by atoms with Crippen LogP contribution in [0.15, 0.2) is 24.3 Å². The zero-order valence-corrected chi connectivity index (χ0v) is 9.44. The van der Waals surface area contributed by atoms with Gasteiger partial charge in [-0.3, -0.25) is 0 Å². The largest absolute Gasteiger partial charge is 0.478 e. The van der Waals surface area contributed by atoms with Gasteiger partial charge in [0, 0.05) is 0 Å². The van der Waals surface area contributed by atoms with Crippen molar-refractivity contribution < 1.29 is 19.4 Å². The molecule has 0 aliphatic rings. The monoisotopic (exact) mass is 240 g/mol. The van der Waals surface area contributed by atoms with Gasteiger partial charge in [0.1, 0.15) is 0 Å². The molecule has 16 heavy (non-hydrogen) atoms. The highest BCUT2D eigenvalue weighted by Gasteiger charge is 2.16. The number of rotatable bonds is 5. The van der Waals surface area contributed by atoms with Crippen LogP contribution in [0.4, 0.5) is 0 Å². The van der Waals surface area contributed by atoms with E-state index >= 15 is 0 Å². The summed E-state index contributed by atoms with van der Waals surface area (Å²) in [5.74, 6) is -1.13. The second-order valence-electron chi connectivity index (χ2n) is 3.06. The SMILES string of the molecule is O=C(O)c1ccccc1C(=O)OCCCS. The predicted octanol–water partition coefficient (Wildman–Crippen LogP) is 1.86. The summed E-state index contributed by atoms with van der Waals surface area (Å²) < 4.78 is 4.91. The first kappa shape index (κ1) is 12.6. The first-order valence-corrected chi connectivity index (χ1v) is 5.40. The fourth-order valence-electron chi connectivity index (χ4n) is 1.15. The van der Waals surface area contributed by atoms with Gasteiger partial charge in [0.25, 0.3) is 0 Å².